The Morgan fingerprint density at radius 1 is 1.04 bits per heavy atom. The van der Waals surface area contributed by atoms with Crippen molar-refractivity contribution in [3.05, 3.63) is 89.7 Å². The Morgan fingerprint density at radius 3 is 2.54 bits per heavy atom. The summed E-state index contributed by atoms with van der Waals surface area (Å²) in [7, 11) is 0. The quantitative estimate of drug-likeness (QED) is 0.674. The molecule has 3 aromatic rings. The van der Waals surface area contributed by atoms with Crippen LogP contribution in [0.3, 0.4) is 0 Å². The maximum Gasteiger partial charge on any atom is 0.227 e. The van der Waals surface area contributed by atoms with Crippen LogP contribution in [0.25, 0.3) is 5.69 Å². The molecular formula is C23H24N2O. The first-order valence-electron chi connectivity index (χ1n) is 9.29. The van der Waals surface area contributed by atoms with Crippen LogP contribution in [0.15, 0.2) is 73.1 Å². The first-order chi connectivity index (χ1) is 12.7. The summed E-state index contributed by atoms with van der Waals surface area (Å²) in [6.45, 7) is 2.97. The minimum Gasteiger partial charge on any atom is -0.335 e. The van der Waals surface area contributed by atoms with Gasteiger partial charge in [0.2, 0.25) is 5.91 Å². The van der Waals surface area contributed by atoms with Crippen molar-refractivity contribution in [2.75, 3.05) is 6.54 Å². The molecule has 1 saturated heterocycles. The summed E-state index contributed by atoms with van der Waals surface area (Å²) < 4.78 is 2.07. The summed E-state index contributed by atoms with van der Waals surface area (Å²) in [6, 6.07) is 21.1. The van der Waals surface area contributed by atoms with Crippen molar-refractivity contribution < 1.29 is 4.79 Å². The van der Waals surface area contributed by atoms with E-state index in [1.165, 1.54) is 11.1 Å². The second kappa shape index (κ2) is 7.20. The van der Waals surface area contributed by atoms with Crippen molar-refractivity contribution in [1.29, 1.82) is 0 Å². The summed E-state index contributed by atoms with van der Waals surface area (Å²) in [6.07, 6.45) is 6.65. The molecule has 0 bridgehead atoms. The molecule has 2 heterocycles. The van der Waals surface area contributed by atoms with Crippen molar-refractivity contribution in [2.24, 2.45) is 0 Å². The lowest BCUT2D eigenvalue weighted by Crippen LogP contribution is -2.31. The molecule has 3 nitrogen and oxygen atoms in total. The Bertz CT molecular complexity index is 881. The van der Waals surface area contributed by atoms with Gasteiger partial charge in [-0.3, -0.25) is 4.79 Å². The molecule has 0 saturated carbocycles. The normalized spacial score (nSPS) is 16.8. The van der Waals surface area contributed by atoms with E-state index >= 15 is 0 Å². The van der Waals surface area contributed by atoms with Crippen LogP contribution in [-0.4, -0.2) is 21.9 Å². The lowest BCUT2D eigenvalue weighted by Gasteiger charge is -2.25. The molecule has 1 fully saturated rings. The van der Waals surface area contributed by atoms with E-state index in [1.807, 2.05) is 24.5 Å². The Morgan fingerprint density at radius 2 is 1.81 bits per heavy atom. The van der Waals surface area contributed by atoms with Crippen molar-refractivity contribution >= 4 is 5.91 Å². The van der Waals surface area contributed by atoms with E-state index in [9.17, 15) is 4.79 Å². The van der Waals surface area contributed by atoms with Gasteiger partial charge in [0.1, 0.15) is 0 Å². The zero-order valence-corrected chi connectivity index (χ0v) is 15.1. The van der Waals surface area contributed by atoms with E-state index in [2.05, 4.69) is 64.9 Å². The topological polar surface area (TPSA) is 25.2 Å². The van der Waals surface area contributed by atoms with Gasteiger partial charge in [0.05, 0.1) is 12.5 Å². The predicted molar refractivity (Wildman–Crippen MR) is 104 cm³/mol. The Balaban J connectivity index is 1.47. The Labute approximate surface area is 154 Å². The van der Waals surface area contributed by atoms with Crippen LogP contribution in [0.4, 0.5) is 0 Å². The van der Waals surface area contributed by atoms with Crippen molar-refractivity contribution in [3.8, 4) is 5.69 Å². The minimum absolute atomic E-state index is 0.224. The van der Waals surface area contributed by atoms with Gasteiger partial charge in [-0.05, 0) is 55.2 Å². The van der Waals surface area contributed by atoms with Crippen LogP contribution in [-0.2, 0) is 11.2 Å². The summed E-state index contributed by atoms with van der Waals surface area (Å²) >= 11 is 0. The number of carbonyl (C=O) groups excluding carboxylic acids is 1. The van der Waals surface area contributed by atoms with Crippen LogP contribution in [0.1, 0.15) is 35.6 Å². The fourth-order valence-corrected chi connectivity index (χ4v) is 3.86. The lowest BCUT2D eigenvalue weighted by molar-refractivity contribution is -0.131. The molecule has 26 heavy (non-hydrogen) atoms. The molecule has 1 aliphatic rings. The van der Waals surface area contributed by atoms with E-state index in [4.69, 9.17) is 0 Å². The first-order valence-corrected chi connectivity index (χ1v) is 9.29. The second-order valence-corrected chi connectivity index (χ2v) is 7.09. The smallest absolute Gasteiger partial charge is 0.227 e. The third-order valence-corrected chi connectivity index (χ3v) is 5.19. The average Bonchev–Trinajstić information content (AvgIpc) is 3.34. The highest BCUT2D eigenvalue weighted by Crippen LogP contribution is 2.32. The Hall–Kier alpha value is -2.81. The molecule has 0 unspecified atom stereocenters. The molecule has 4 rings (SSSR count). The molecule has 132 valence electrons. The number of benzene rings is 2. The number of rotatable bonds is 4. The van der Waals surface area contributed by atoms with Gasteiger partial charge in [-0.15, -0.1) is 0 Å². The van der Waals surface area contributed by atoms with Gasteiger partial charge >= 0.3 is 0 Å². The van der Waals surface area contributed by atoms with Gasteiger partial charge in [0, 0.05) is 24.6 Å². The third kappa shape index (κ3) is 3.43. The molecule has 0 aliphatic carbocycles. The largest absolute Gasteiger partial charge is 0.335 e. The van der Waals surface area contributed by atoms with E-state index in [-0.39, 0.29) is 11.9 Å². The average molecular weight is 344 g/mol. The molecule has 1 amide bonds. The molecule has 2 aromatic carbocycles. The molecule has 1 aliphatic heterocycles. The van der Waals surface area contributed by atoms with Gasteiger partial charge in [0.15, 0.2) is 0 Å². The van der Waals surface area contributed by atoms with Crippen LogP contribution >= 0.6 is 0 Å². The van der Waals surface area contributed by atoms with Crippen LogP contribution < -0.4 is 0 Å². The fraction of sp³-hybridized carbons (Fsp3) is 0.261. The molecule has 0 N–H and O–H groups in total. The number of carbonyl (C=O) groups is 1. The van der Waals surface area contributed by atoms with Crippen molar-refractivity contribution in [2.45, 2.75) is 32.2 Å². The number of aryl methyl sites for hydroxylation is 1. The number of nitrogens with zero attached hydrogens (tertiary/aromatic N) is 2. The summed E-state index contributed by atoms with van der Waals surface area (Å²) in [4.78, 5) is 15.0. The van der Waals surface area contributed by atoms with E-state index in [1.54, 1.807) is 0 Å². The van der Waals surface area contributed by atoms with Crippen molar-refractivity contribution in [3.63, 3.8) is 0 Å². The maximum atomic E-state index is 12.9. The number of hydrogen-bond donors (Lipinski definition) is 0. The minimum atomic E-state index is 0.224. The van der Waals surface area contributed by atoms with Crippen molar-refractivity contribution in [1.82, 2.24) is 9.47 Å². The highest BCUT2D eigenvalue weighted by molar-refractivity contribution is 5.79. The predicted octanol–water partition coefficient (Wildman–Crippen LogP) is 4.69. The summed E-state index contributed by atoms with van der Waals surface area (Å²) in [5.74, 6) is 0.225. The summed E-state index contributed by atoms with van der Waals surface area (Å²) in [5.41, 5.74) is 4.70. The third-order valence-electron chi connectivity index (χ3n) is 5.19. The molecule has 0 spiro atoms. The highest BCUT2D eigenvalue weighted by Gasteiger charge is 2.29. The van der Waals surface area contributed by atoms with Gasteiger partial charge in [-0.1, -0.05) is 42.0 Å². The van der Waals surface area contributed by atoms with Gasteiger partial charge in [-0.2, -0.15) is 0 Å². The highest BCUT2D eigenvalue weighted by atomic mass is 16.2. The number of hydrogen-bond acceptors (Lipinski definition) is 1. The number of aromatic nitrogens is 1. The molecule has 3 heteroatoms. The monoisotopic (exact) mass is 344 g/mol. The molecular weight excluding hydrogens is 320 g/mol. The molecule has 1 aromatic heterocycles. The number of likely N-dealkylation sites (tertiary alicyclic amines) is 1. The standard InChI is InChI=1S/C23H24N2O/c1-18-6-4-7-20(16-18)22-8-5-15-25(22)23(26)17-19-9-11-21(12-10-19)24-13-2-3-14-24/h2-4,6-7,9-14,16,22H,5,8,15,17H2,1H3/t22-/m1/s1. The fourth-order valence-electron chi connectivity index (χ4n) is 3.86. The second-order valence-electron chi connectivity index (χ2n) is 7.09. The van der Waals surface area contributed by atoms with E-state index in [0.29, 0.717) is 6.42 Å². The zero-order chi connectivity index (χ0) is 17.9. The van der Waals surface area contributed by atoms with Gasteiger partial charge < -0.3 is 9.47 Å². The first kappa shape index (κ1) is 16.6. The maximum absolute atomic E-state index is 12.9. The summed E-state index contributed by atoms with van der Waals surface area (Å²) in [5, 5.41) is 0. The molecule has 1 atom stereocenters. The molecule has 0 radical (unpaired) electrons. The van der Waals surface area contributed by atoms with E-state index < -0.39 is 0 Å². The lowest BCUT2D eigenvalue weighted by atomic mass is 10.0. The van der Waals surface area contributed by atoms with Crippen LogP contribution in [0.2, 0.25) is 0 Å². The SMILES string of the molecule is Cc1cccc([C@H]2CCCN2C(=O)Cc2ccc(-n3cccc3)cc2)c1. The Kier molecular flexibility index (Phi) is 4.61. The zero-order valence-electron chi connectivity index (χ0n) is 15.1. The van der Waals surface area contributed by atoms with Gasteiger partial charge in [-0.25, -0.2) is 0 Å². The van der Waals surface area contributed by atoms with Gasteiger partial charge in [0.25, 0.3) is 0 Å². The van der Waals surface area contributed by atoms with Crippen LogP contribution in [0, 0.1) is 6.92 Å². The van der Waals surface area contributed by atoms with E-state index in [0.717, 1.165) is 30.6 Å². The number of amides is 1. The van der Waals surface area contributed by atoms with Crippen LogP contribution in [0.5, 0.6) is 0 Å².